The number of hydrogen-bond donors (Lipinski definition) is 3. The molecule has 0 aromatic heterocycles. The van der Waals surface area contributed by atoms with Crippen molar-refractivity contribution in [3.8, 4) is 0 Å². The van der Waals surface area contributed by atoms with Gasteiger partial charge in [-0.3, -0.25) is 9.59 Å². The third kappa shape index (κ3) is 6.25. The third-order valence-electron chi connectivity index (χ3n) is 8.12. The first-order valence-corrected chi connectivity index (χ1v) is 15.1. The smallest absolute Gasteiger partial charge is 0.323 e. The Morgan fingerprint density at radius 3 is 2.39 bits per heavy atom. The molecule has 2 bridgehead atoms. The second-order valence-corrected chi connectivity index (χ2v) is 14.0. The highest BCUT2D eigenvalue weighted by atomic mass is 35.5. The topological polar surface area (TPSA) is 136 Å². The highest BCUT2D eigenvalue weighted by molar-refractivity contribution is 7.92. The zero-order valence-electron chi connectivity index (χ0n) is 22.7. The number of carbonyl (C=O) groups excluding carboxylic acids is 2. The molecule has 0 heterocycles. The van der Waals surface area contributed by atoms with Crippen molar-refractivity contribution in [1.29, 1.82) is 0 Å². The second kappa shape index (κ2) is 11.5. The number of nitrogens with one attached hydrogen (secondary N) is 1. The van der Waals surface area contributed by atoms with E-state index >= 15 is 0 Å². The maximum Gasteiger partial charge on any atom is 0.323 e. The van der Waals surface area contributed by atoms with Gasteiger partial charge in [0.1, 0.15) is 12.6 Å². The minimum atomic E-state index is -4.14. The second-order valence-electron chi connectivity index (χ2n) is 11.5. The zero-order chi connectivity index (χ0) is 30.4. The summed E-state index contributed by atoms with van der Waals surface area (Å²) in [5.74, 6) is -7.42. The Bertz CT molecular complexity index is 1450. The van der Waals surface area contributed by atoms with Crippen LogP contribution in [0.2, 0.25) is 5.02 Å². The molecule has 0 aliphatic heterocycles. The van der Waals surface area contributed by atoms with Crippen molar-refractivity contribution in [2.45, 2.75) is 61.8 Å². The van der Waals surface area contributed by atoms with Crippen molar-refractivity contribution >= 4 is 39.0 Å². The van der Waals surface area contributed by atoms with Crippen LogP contribution in [0.15, 0.2) is 35.2 Å². The molecule has 2 saturated carbocycles. The summed E-state index contributed by atoms with van der Waals surface area (Å²) in [6.45, 7) is 5.13. The highest BCUT2D eigenvalue weighted by Crippen LogP contribution is 2.54. The predicted molar refractivity (Wildman–Crippen MR) is 145 cm³/mol. The quantitative estimate of drug-likeness (QED) is 0.294. The summed E-state index contributed by atoms with van der Waals surface area (Å²) < 4.78 is 73.7. The molecule has 41 heavy (non-hydrogen) atoms. The molecule has 224 valence electrons. The molecule has 4 N–H and O–H groups in total. The summed E-state index contributed by atoms with van der Waals surface area (Å²) in [5.41, 5.74) is 3.89. The maximum atomic E-state index is 14.0. The van der Waals surface area contributed by atoms with Crippen LogP contribution in [0.5, 0.6) is 0 Å². The van der Waals surface area contributed by atoms with Crippen LogP contribution < -0.4 is 11.1 Å². The molecule has 2 aliphatic carbocycles. The molecular formula is C28H32ClF3N2O6S. The maximum absolute atomic E-state index is 14.0. The van der Waals surface area contributed by atoms with E-state index in [0.29, 0.717) is 18.6 Å². The van der Waals surface area contributed by atoms with E-state index in [-0.39, 0.29) is 52.5 Å². The average molecular weight is 617 g/mol. The van der Waals surface area contributed by atoms with Crippen LogP contribution in [-0.2, 0) is 19.4 Å². The van der Waals surface area contributed by atoms with E-state index in [0.717, 1.165) is 6.07 Å². The van der Waals surface area contributed by atoms with Crippen LogP contribution in [0.25, 0.3) is 0 Å². The van der Waals surface area contributed by atoms with Gasteiger partial charge in [-0.25, -0.2) is 21.6 Å². The highest BCUT2D eigenvalue weighted by Gasteiger charge is 2.57. The van der Waals surface area contributed by atoms with Crippen LogP contribution in [0.3, 0.4) is 0 Å². The average Bonchev–Trinajstić information content (AvgIpc) is 3.12. The molecule has 2 fully saturated rings. The van der Waals surface area contributed by atoms with E-state index in [1.54, 1.807) is 13.8 Å². The van der Waals surface area contributed by atoms with Gasteiger partial charge >= 0.3 is 5.97 Å². The SMILES string of the molecule is CC(C)C(N)C(=O)OC[C@]1(O)CC2C(S(=O)(=O)c3cc(C(=O)Nc4cc(F)c(F)c(F)c4)ccc3Cl)[C@@H](C[C@@H]2C)C1. The number of fused-ring (bicyclic) bond motifs is 2. The van der Waals surface area contributed by atoms with Gasteiger partial charge in [0.15, 0.2) is 27.3 Å². The molecule has 8 nitrogen and oxygen atoms in total. The molecule has 3 unspecified atom stereocenters. The van der Waals surface area contributed by atoms with E-state index in [1.165, 1.54) is 12.1 Å². The number of amides is 1. The van der Waals surface area contributed by atoms with Crippen LogP contribution in [0.1, 0.15) is 50.4 Å². The van der Waals surface area contributed by atoms with Crippen LogP contribution in [0.4, 0.5) is 18.9 Å². The number of hydrogen-bond acceptors (Lipinski definition) is 7. The summed E-state index contributed by atoms with van der Waals surface area (Å²) in [5, 5.41) is 12.5. The molecular weight excluding hydrogens is 585 g/mol. The molecule has 2 aromatic carbocycles. The third-order valence-corrected chi connectivity index (χ3v) is 11.0. The predicted octanol–water partition coefficient (Wildman–Crippen LogP) is 4.48. The molecule has 0 spiro atoms. The van der Waals surface area contributed by atoms with E-state index in [4.69, 9.17) is 22.1 Å². The number of sulfone groups is 1. The fourth-order valence-corrected chi connectivity index (χ4v) is 8.91. The number of rotatable bonds is 8. The lowest BCUT2D eigenvalue weighted by molar-refractivity contribution is -0.157. The van der Waals surface area contributed by atoms with Crippen molar-refractivity contribution in [3.63, 3.8) is 0 Å². The van der Waals surface area contributed by atoms with Crippen LogP contribution >= 0.6 is 11.6 Å². The summed E-state index contributed by atoms with van der Waals surface area (Å²) >= 11 is 6.30. The number of ether oxygens (including phenoxy) is 1. The molecule has 0 radical (unpaired) electrons. The van der Waals surface area contributed by atoms with Crippen LogP contribution in [-0.4, -0.2) is 48.9 Å². The van der Waals surface area contributed by atoms with Crippen molar-refractivity contribution in [3.05, 3.63) is 58.4 Å². The standard InChI is InChI=1S/C28H32ClF3N2O6S/c1-13(2)24(33)27(36)40-12-28(37)10-16-6-14(3)18(11-28)25(16)41(38,39)22-7-15(4-5-19(22)29)26(35)34-17-8-20(30)23(32)21(31)9-17/h4-5,7-9,13-14,16,18,24-25,37H,6,10-12,33H2,1-3H3,(H,34,35)/t14-,16-,18?,24?,25?,28+/m0/s1. The van der Waals surface area contributed by atoms with Gasteiger partial charge in [-0.15, -0.1) is 0 Å². The Hall–Kier alpha value is -2.67. The van der Waals surface area contributed by atoms with Gasteiger partial charge in [-0.1, -0.05) is 32.4 Å². The van der Waals surface area contributed by atoms with E-state index in [9.17, 15) is 36.3 Å². The Kier molecular flexibility index (Phi) is 8.80. The van der Waals surface area contributed by atoms with Crippen LogP contribution in [0, 0.1) is 41.1 Å². The Labute approximate surface area is 241 Å². The lowest BCUT2D eigenvalue weighted by Gasteiger charge is -2.41. The molecule has 0 saturated heterocycles. The number of benzene rings is 2. The van der Waals surface area contributed by atoms with Crippen molar-refractivity contribution in [1.82, 2.24) is 0 Å². The number of nitrogens with two attached hydrogens (primary N) is 1. The minimum absolute atomic E-state index is 0.0677. The van der Waals surface area contributed by atoms with E-state index < -0.39 is 67.9 Å². The van der Waals surface area contributed by atoms with Gasteiger partial charge in [0, 0.05) is 23.4 Å². The Morgan fingerprint density at radius 1 is 1.17 bits per heavy atom. The fraction of sp³-hybridized carbons (Fsp3) is 0.500. The number of halogens is 4. The molecule has 6 atom stereocenters. The molecule has 2 aliphatic rings. The summed E-state index contributed by atoms with van der Waals surface area (Å²) in [6, 6.07) is 3.92. The van der Waals surface area contributed by atoms with Crippen molar-refractivity contribution < 1.29 is 41.0 Å². The fourth-order valence-electron chi connectivity index (χ4n) is 6.00. The molecule has 13 heteroatoms. The monoisotopic (exact) mass is 616 g/mol. The number of carbonyl (C=O) groups is 2. The summed E-state index contributed by atoms with van der Waals surface area (Å²) in [7, 11) is -4.14. The first-order chi connectivity index (χ1) is 19.0. The van der Waals surface area contributed by atoms with E-state index in [1.807, 2.05) is 6.92 Å². The first kappa shape index (κ1) is 31.3. The van der Waals surface area contributed by atoms with Gasteiger partial charge in [0.05, 0.1) is 20.8 Å². The molecule has 4 rings (SSSR count). The number of esters is 1. The largest absolute Gasteiger partial charge is 0.461 e. The lowest BCUT2D eigenvalue weighted by Crippen LogP contribution is -2.50. The number of anilines is 1. The van der Waals surface area contributed by atoms with E-state index in [2.05, 4.69) is 5.32 Å². The normalized spacial score (nSPS) is 26.6. The first-order valence-electron chi connectivity index (χ1n) is 13.2. The van der Waals surface area contributed by atoms with Gasteiger partial charge in [-0.2, -0.15) is 0 Å². The van der Waals surface area contributed by atoms with Crippen molar-refractivity contribution in [2.24, 2.45) is 29.4 Å². The molecule has 1 amide bonds. The van der Waals surface area contributed by atoms with Gasteiger partial charge < -0.3 is 20.9 Å². The summed E-state index contributed by atoms with van der Waals surface area (Å²) in [4.78, 5) is 24.8. The lowest BCUT2D eigenvalue weighted by atomic mass is 9.76. The van der Waals surface area contributed by atoms with Gasteiger partial charge in [-0.05, 0) is 61.1 Å². The number of aliphatic hydroxyl groups is 1. The van der Waals surface area contributed by atoms with Gasteiger partial charge in [0.2, 0.25) is 0 Å². The Balaban J connectivity index is 1.56. The van der Waals surface area contributed by atoms with Crippen molar-refractivity contribution in [2.75, 3.05) is 11.9 Å². The molecule has 2 aromatic rings. The Morgan fingerprint density at radius 2 is 1.80 bits per heavy atom. The summed E-state index contributed by atoms with van der Waals surface area (Å²) in [6.07, 6.45) is 0.648. The minimum Gasteiger partial charge on any atom is -0.461 e. The van der Waals surface area contributed by atoms with Gasteiger partial charge in [0.25, 0.3) is 5.91 Å². The zero-order valence-corrected chi connectivity index (χ0v) is 24.2.